The SMILES string of the molecule is O=C(C[NH+]1CCN(c2cccc[nH+]2)CC1)NCCCN1CCCC1=O. The zero-order valence-electron chi connectivity index (χ0n) is 14.8. The summed E-state index contributed by atoms with van der Waals surface area (Å²) in [6.07, 6.45) is 4.44. The predicted molar refractivity (Wildman–Crippen MR) is 94.2 cm³/mol. The van der Waals surface area contributed by atoms with Crippen LogP contribution in [0.15, 0.2) is 24.4 Å². The van der Waals surface area contributed by atoms with Gasteiger partial charge in [-0.1, -0.05) is 6.07 Å². The average molecular weight is 347 g/mol. The van der Waals surface area contributed by atoms with Gasteiger partial charge in [-0.25, -0.2) is 4.98 Å². The molecule has 0 spiro atoms. The molecule has 0 saturated carbocycles. The number of H-pyrrole nitrogens is 1. The summed E-state index contributed by atoms with van der Waals surface area (Å²) in [5.74, 6) is 1.51. The molecule has 0 bridgehead atoms. The van der Waals surface area contributed by atoms with Crippen LogP contribution in [0, 0.1) is 0 Å². The number of likely N-dealkylation sites (tertiary alicyclic amines) is 1. The Morgan fingerprint density at radius 2 is 2.08 bits per heavy atom. The van der Waals surface area contributed by atoms with Gasteiger partial charge in [-0.3, -0.25) is 14.5 Å². The fourth-order valence-corrected chi connectivity index (χ4v) is 3.55. The number of carbonyl (C=O) groups excluding carboxylic acids is 2. The van der Waals surface area contributed by atoms with Crippen LogP contribution in [0.5, 0.6) is 0 Å². The number of quaternary nitrogens is 1. The second-order valence-corrected chi connectivity index (χ2v) is 6.85. The highest BCUT2D eigenvalue weighted by atomic mass is 16.2. The lowest BCUT2D eigenvalue weighted by atomic mass is 10.3. The first-order chi connectivity index (χ1) is 12.2. The van der Waals surface area contributed by atoms with E-state index >= 15 is 0 Å². The number of carbonyl (C=O) groups is 2. The smallest absolute Gasteiger partial charge is 0.275 e. The molecule has 3 heterocycles. The summed E-state index contributed by atoms with van der Waals surface area (Å²) in [5.41, 5.74) is 0. The van der Waals surface area contributed by atoms with Crippen LogP contribution in [-0.2, 0) is 9.59 Å². The Hall–Kier alpha value is -2.15. The van der Waals surface area contributed by atoms with Gasteiger partial charge in [0.05, 0.1) is 6.20 Å². The quantitative estimate of drug-likeness (QED) is 0.580. The Bertz CT molecular complexity index is 572. The van der Waals surface area contributed by atoms with Crippen LogP contribution in [0.3, 0.4) is 0 Å². The molecule has 2 saturated heterocycles. The summed E-state index contributed by atoms with van der Waals surface area (Å²) in [6.45, 7) is 6.69. The molecule has 2 aliphatic heterocycles. The van der Waals surface area contributed by atoms with Gasteiger partial charge in [0, 0.05) is 32.1 Å². The first-order valence-electron chi connectivity index (χ1n) is 9.32. The lowest BCUT2D eigenvalue weighted by Gasteiger charge is -2.27. The van der Waals surface area contributed by atoms with Crippen LogP contribution in [0.25, 0.3) is 0 Å². The topological polar surface area (TPSA) is 71.2 Å². The third-order valence-corrected chi connectivity index (χ3v) is 5.01. The molecule has 0 aliphatic carbocycles. The van der Waals surface area contributed by atoms with E-state index in [0.717, 1.165) is 57.9 Å². The monoisotopic (exact) mass is 347 g/mol. The summed E-state index contributed by atoms with van der Waals surface area (Å²) in [4.78, 5) is 32.4. The lowest BCUT2D eigenvalue weighted by molar-refractivity contribution is -0.892. The van der Waals surface area contributed by atoms with E-state index in [9.17, 15) is 9.59 Å². The van der Waals surface area contributed by atoms with Crippen LogP contribution in [0.4, 0.5) is 5.82 Å². The Morgan fingerprint density at radius 1 is 1.24 bits per heavy atom. The second-order valence-electron chi connectivity index (χ2n) is 6.85. The molecule has 0 unspecified atom stereocenters. The Morgan fingerprint density at radius 3 is 2.76 bits per heavy atom. The molecule has 25 heavy (non-hydrogen) atoms. The highest BCUT2D eigenvalue weighted by Gasteiger charge is 2.27. The average Bonchev–Trinajstić information content (AvgIpc) is 3.05. The number of nitrogens with one attached hydrogen (secondary N) is 3. The molecule has 136 valence electrons. The maximum atomic E-state index is 12.1. The van der Waals surface area contributed by atoms with Crippen molar-refractivity contribution in [3.05, 3.63) is 24.4 Å². The number of rotatable bonds is 7. The van der Waals surface area contributed by atoms with Gasteiger partial charge in [-0.05, 0) is 18.9 Å². The molecule has 1 aromatic rings. The number of amides is 2. The Balaban J connectivity index is 1.29. The summed E-state index contributed by atoms with van der Waals surface area (Å²) in [7, 11) is 0. The van der Waals surface area contributed by atoms with Crippen molar-refractivity contribution in [2.24, 2.45) is 0 Å². The number of aromatic nitrogens is 1. The minimum absolute atomic E-state index is 0.113. The number of nitrogens with zero attached hydrogens (tertiary/aromatic N) is 2. The van der Waals surface area contributed by atoms with Crippen molar-refractivity contribution in [3.8, 4) is 0 Å². The zero-order valence-corrected chi connectivity index (χ0v) is 14.8. The lowest BCUT2D eigenvalue weighted by Crippen LogP contribution is -3.16. The molecule has 0 aromatic carbocycles. The van der Waals surface area contributed by atoms with E-state index in [1.54, 1.807) is 0 Å². The highest BCUT2D eigenvalue weighted by Crippen LogP contribution is 2.09. The van der Waals surface area contributed by atoms with Gasteiger partial charge in [0.15, 0.2) is 6.54 Å². The van der Waals surface area contributed by atoms with Crippen molar-refractivity contribution < 1.29 is 19.5 Å². The molecule has 0 radical (unpaired) electrons. The van der Waals surface area contributed by atoms with E-state index in [-0.39, 0.29) is 11.8 Å². The fraction of sp³-hybridized carbons (Fsp3) is 0.611. The van der Waals surface area contributed by atoms with Gasteiger partial charge in [-0.2, -0.15) is 0 Å². The van der Waals surface area contributed by atoms with Crippen LogP contribution in [0.1, 0.15) is 19.3 Å². The van der Waals surface area contributed by atoms with Gasteiger partial charge < -0.3 is 15.1 Å². The van der Waals surface area contributed by atoms with Crippen molar-refractivity contribution in [1.82, 2.24) is 10.2 Å². The fourth-order valence-electron chi connectivity index (χ4n) is 3.55. The minimum atomic E-state index is 0.113. The number of hydrogen-bond donors (Lipinski definition) is 2. The predicted octanol–water partition coefficient (Wildman–Crippen LogP) is -1.67. The van der Waals surface area contributed by atoms with Crippen LogP contribution in [0.2, 0.25) is 0 Å². The molecule has 7 heteroatoms. The van der Waals surface area contributed by atoms with E-state index in [2.05, 4.69) is 21.3 Å². The molecule has 7 nitrogen and oxygen atoms in total. The summed E-state index contributed by atoms with van der Waals surface area (Å²) in [5, 5.41) is 2.99. The molecule has 0 atom stereocenters. The van der Waals surface area contributed by atoms with E-state index in [1.807, 2.05) is 23.2 Å². The van der Waals surface area contributed by atoms with Crippen molar-refractivity contribution in [2.75, 3.05) is 57.3 Å². The van der Waals surface area contributed by atoms with Crippen molar-refractivity contribution in [1.29, 1.82) is 0 Å². The molecule has 1 aromatic heterocycles. The van der Waals surface area contributed by atoms with Crippen LogP contribution < -0.4 is 20.1 Å². The van der Waals surface area contributed by atoms with Crippen molar-refractivity contribution in [3.63, 3.8) is 0 Å². The molecule has 3 rings (SSSR count). The highest BCUT2D eigenvalue weighted by molar-refractivity contribution is 5.78. The van der Waals surface area contributed by atoms with E-state index in [0.29, 0.717) is 19.5 Å². The number of hydrogen-bond acceptors (Lipinski definition) is 3. The van der Waals surface area contributed by atoms with E-state index < -0.39 is 0 Å². The van der Waals surface area contributed by atoms with Gasteiger partial charge in [0.25, 0.3) is 11.7 Å². The third-order valence-electron chi connectivity index (χ3n) is 5.01. The first-order valence-corrected chi connectivity index (χ1v) is 9.32. The molecule has 2 fully saturated rings. The second kappa shape index (κ2) is 8.80. The van der Waals surface area contributed by atoms with Gasteiger partial charge >= 0.3 is 0 Å². The minimum Gasteiger partial charge on any atom is -0.351 e. The van der Waals surface area contributed by atoms with Gasteiger partial charge in [0.1, 0.15) is 26.2 Å². The van der Waals surface area contributed by atoms with Crippen molar-refractivity contribution >= 4 is 17.6 Å². The maximum Gasteiger partial charge on any atom is 0.275 e. The van der Waals surface area contributed by atoms with Gasteiger partial charge in [-0.15, -0.1) is 0 Å². The summed E-state index contributed by atoms with van der Waals surface area (Å²) >= 11 is 0. The summed E-state index contributed by atoms with van der Waals surface area (Å²) in [6, 6.07) is 6.10. The van der Waals surface area contributed by atoms with Crippen LogP contribution >= 0.6 is 0 Å². The number of aromatic amines is 1. The molecule has 2 amide bonds. The zero-order chi connectivity index (χ0) is 17.5. The molecule has 2 aliphatic rings. The van der Waals surface area contributed by atoms with Gasteiger partial charge in [0.2, 0.25) is 5.91 Å². The van der Waals surface area contributed by atoms with Crippen LogP contribution in [-0.4, -0.2) is 69.1 Å². The molecule has 3 N–H and O–H groups in total. The standard InChI is InChI=1S/C18H27N5O2/c24-17(20-8-4-10-23-9-3-6-18(23)25)15-21-11-13-22(14-12-21)16-5-1-2-7-19-16/h1-2,5,7H,3-4,6,8-15H2,(H,20,24)/p+2. The molecular weight excluding hydrogens is 318 g/mol. The van der Waals surface area contributed by atoms with Crippen molar-refractivity contribution in [2.45, 2.75) is 19.3 Å². The largest absolute Gasteiger partial charge is 0.351 e. The summed E-state index contributed by atoms with van der Waals surface area (Å²) < 4.78 is 0. The Labute approximate surface area is 149 Å². The third kappa shape index (κ3) is 5.16. The normalized spacial score (nSPS) is 18.6. The van der Waals surface area contributed by atoms with E-state index in [1.165, 1.54) is 4.90 Å². The number of anilines is 1. The number of piperazine rings is 1. The molecular formula is C18H29N5O2+2. The number of pyridine rings is 1. The Kier molecular flexibility index (Phi) is 6.22. The van der Waals surface area contributed by atoms with E-state index in [4.69, 9.17) is 0 Å². The maximum absolute atomic E-state index is 12.1. The first kappa shape index (κ1) is 17.7.